The Morgan fingerprint density at radius 2 is 2.08 bits per heavy atom. The largest absolute Gasteiger partial charge is 0.493 e. The SMILES string of the molecule is Cc1ccc(-c2csc(NC(=O)CSc3nc(O)cc(=O)[nH]3)n2)cc1C. The van der Waals surface area contributed by atoms with Crippen LogP contribution in [0.1, 0.15) is 11.1 Å². The summed E-state index contributed by atoms with van der Waals surface area (Å²) in [7, 11) is 0. The average molecular weight is 388 g/mol. The van der Waals surface area contributed by atoms with E-state index in [0.717, 1.165) is 29.1 Å². The van der Waals surface area contributed by atoms with E-state index < -0.39 is 5.56 Å². The fourth-order valence-corrected chi connectivity index (χ4v) is 3.55. The van der Waals surface area contributed by atoms with Crippen molar-refractivity contribution in [2.75, 3.05) is 11.1 Å². The summed E-state index contributed by atoms with van der Waals surface area (Å²) in [5.74, 6) is -0.623. The molecule has 1 amide bonds. The molecule has 0 spiro atoms. The zero-order chi connectivity index (χ0) is 18.7. The van der Waals surface area contributed by atoms with Crippen molar-refractivity contribution in [1.82, 2.24) is 15.0 Å². The summed E-state index contributed by atoms with van der Waals surface area (Å²) < 4.78 is 0. The van der Waals surface area contributed by atoms with Gasteiger partial charge in [0.05, 0.1) is 17.5 Å². The Balaban J connectivity index is 1.62. The number of amides is 1. The van der Waals surface area contributed by atoms with Crippen molar-refractivity contribution in [3.05, 3.63) is 51.1 Å². The third-order valence-electron chi connectivity index (χ3n) is 3.60. The maximum atomic E-state index is 12.1. The van der Waals surface area contributed by atoms with E-state index in [1.807, 2.05) is 24.4 Å². The van der Waals surface area contributed by atoms with E-state index in [-0.39, 0.29) is 22.7 Å². The maximum Gasteiger partial charge on any atom is 0.255 e. The molecular formula is C17H16N4O3S2. The lowest BCUT2D eigenvalue weighted by Crippen LogP contribution is -2.15. The number of aromatic amines is 1. The maximum absolute atomic E-state index is 12.1. The van der Waals surface area contributed by atoms with Crippen LogP contribution in [0.3, 0.4) is 0 Å². The molecule has 1 aromatic carbocycles. The minimum Gasteiger partial charge on any atom is -0.493 e. The van der Waals surface area contributed by atoms with Gasteiger partial charge in [0, 0.05) is 10.9 Å². The van der Waals surface area contributed by atoms with E-state index in [4.69, 9.17) is 0 Å². The zero-order valence-electron chi connectivity index (χ0n) is 14.1. The van der Waals surface area contributed by atoms with Gasteiger partial charge in [0.1, 0.15) is 0 Å². The number of carbonyl (C=O) groups is 1. The minimum absolute atomic E-state index is 0.0327. The Morgan fingerprint density at radius 1 is 1.27 bits per heavy atom. The molecule has 3 aromatic rings. The number of rotatable bonds is 5. The average Bonchev–Trinajstić information content (AvgIpc) is 3.03. The number of carbonyl (C=O) groups excluding carboxylic acids is 1. The van der Waals surface area contributed by atoms with Gasteiger partial charge in [-0.3, -0.25) is 9.59 Å². The number of hydrogen-bond donors (Lipinski definition) is 3. The summed E-state index contributed by atoms with van der Waals surface area (Å²) in [6, 6.07) is 7.08. The van der Waals surface area contributed by atoms with Gasteiger partial charge in [0.2, 0.25) is 11.8 Å². The van der Waals surface area contributed by atoms with Crippen molar-refractivity contribution in [3.8, 4) is 17.1 Å². The number of nitrogens with one attached hydrogen (secondary N) is 2. The Kier molecular flexibility index (Phi) is 5.38. The smallest absolute Gasteiger partial charge is 0.255 e. The topological polar surface area (TPSA) is 108 Å². The number of nitrogens with zero attached hydrogens (tertiary/aromatic N) is 2. The molecule has 0 fully saturated rings. The Bertz CT molecular complexity index is 1010. The number of thiazole rings is 1. The molecule has 134 valence electrons. The van der Waals surface area contributed by atoms with Gasteiger partial charge in [-0.2, -0.15) is 4.98 Å². The van der Waals surface area contributed by atoms with Gasteiger partial charge in [0.15, 0.2) is 10.3 Å². The Morgan fingerprint density at radius 3 is 2.81 bits per heavy atom. The molecule has 7 nitrogen and oxygen atoms in total. The third-order valence-corrected chi connectivity index (χ3v) is 5.23. The van der Waals surface area contributed by atoms with Crippen molar-refractivity contribution in [3.63, 3.8) is 0 Å². The van der Waals surface area contributed by atoms with E-state index in [0.29, 0.717) is 5.13 Å². The summed E-state index contributed by atoms with van der Waals surface area (Å²) in [5.41, 5.74) is 3.73. The van der Waals surface area contributed by atoms with Crippen molar-refractivity contribution in [2.24, 2.45) is 0 Å². The van der Waals surface area contributed by atoms with E-state index in [1.165, 1.54) is 22.5 Å². The third kappa shape index (κ3) is 4.50. The first-order chi connectivity index (χ1) is 12.4. The molecule has 26 heavy (non-hydrogen) atoms. The van der Waals surface area contributed by atoms with Crippen LogP contribution in [-0.4, -0.2) is 31.7 Å². The number of aromatic nitrogens is 3. The predicted octanol–water partition coefficient (Wildman–Crippen LogP) is 2.95. The highest BCUT2D eigenvalue weighted by molar-refractivity contribution is 7.99. The van der Waals surface area contributed by atoms with E-state index >= 15 is 0 Å². The lowest BCUT2D eigenvalue weighted by molar-refractivity contribution is -0.113. The quantitative estimate of drug-likeness (QED) is 0.458. The van der Waals surface area contributed by atoms with Crippen LogP contribution in [0.2, 0.25) is 0 Å². The molecule has 0 aliphatic rings. The first-order valence-electron chi connectivity index (χ1n) is 7.67. The Labute approximate surface area is 157 Å². The number of aromatic hydroxyl groups is 1. The highest BCUT2D eigenvalue weighted by Crippen LogP contribution is 2.26. The first-order valence-corrected chi connectivity index (χ1v) is 9.53. The van der Waals surface area contributed by atoms with Gasteiger partial charge in [-0.1, -0.05) is 23.9 Å². The van der Waals surface area contributed by atoms with Crippen LogP contribution in [0.4, 0.5) is 5.13 Å². The van der Waals surface area contributed by atoms with Gasteiger partial charge in [-0.25, -0.2) is 4.98 Å². The molecule has 2 heterocycles. The van der Waals surface area contributed by atoms with E-state index in [2.05, 4.69) is 33.3 Å². The summed E-state index contributed by atoms with van der Waals surface area (Å²) in [6.45, 7) is 4.10. The predicted molar refractivity (Wildman–Crippen MR) is 103 cm³/mol. The van der Waals surface area contributed by atoms with Gasteiger partial charge in [-0.05, 0) is 31.0 Å². The van der Waals surface area contributed by atoms with Crippen molar-refractivity contribution in [1.29, 1.82) is 0 Å². The number of H-pyrrole nitrogens is 1. The van der Waals surface area contributed by atoms with Crippen molar-refractivity contribution >= 4 is 34.1 Å². The Hall–Kier alpha value is -2.65. The highest BCUT2D eigenvalue weighted by Gasteiger charge is 2.10. The molecular weight excluding hydrogens is 372 g/mol. The molecule has 0 saturated carbocycles. The highest BCUT2D eigenvalue weighted by atomic mass is 32.2. The molecule has 0 radical (unpaired) electrons. The fourth-order valence-electron chi connectivity index (χ4n) is 2.15. The lowest BCUT2D eigenvalue weighted by atomic mass is 10.1. The van der Waals surface area contributed by atoms with Crippen LogP contribution in [0.15, 0.2) is 39.6 Å². The molecule has 3 rings (SSSR count). The summed E-state index contributed by atoms with van der Waals surface area (Å²) in [4.78, 5) is 33.9. The normalized spacial score (nSPS) is 10.7. The number of aryl methyl sites for hydroxylation is 2. The molecule has 9 heteroatoms. The first kappa shape index (κ1) is 18.2. The van der Waals surface area contributed by atoms with Crippen molar-refractivity contribution < 1.29 is 9.90 Å². The van der Waals surface area contributed by atoms with Crippen molar-refractivity contribution in [2.45, 2.75) is 19.0 Å². The second kappa shape index (κ2) is 7.71. The number of anilines is 1. The fraction of sp³-hybridized carbons (Fsp3) is 0.176. The summed E-state index contributed by atoms with van der Waals surface area (Å²) in [5, 5.41) is 14.6. The van der Waals surface area contributed by atoms with E-state index in [9.17, 15) is 14.7 Å². The van der Waals surface area contributed by atoms with Crippen LogP contribution in [-0.2, 0) is 4.79 Å². The number of hydrogen-bond acceptors (Lipinski definition) is 7. The van der Waals surface area contributed by atoms with Gasteiger partial charge >= 0.3 is 0 Å². The van der Waals surface area contributed by atoms with Crippen LogP contribution in [0.25, 0.3) is 11.3 Å². The molecule has 0 aliphatic heterocycles. The van der Waals surface area contributed by atoms with E-state index in [1.54, 1.807) is 0 Å². The molecule has 0 saturated heterocycles. The second-order valence-corrected chi connectivity index (χ2v) is 7.40. The second-order valence-electron chi connectivity index (χ2n) is 5.58. The van der Waals surface area contributed by atoms with Crippen LogP contribution in [0, 0.1) is 13.8 Å². The molecule has 0 atom stereocenters. The monoisotopic (exact) mass is 388 g/mol. The molecule has 0 unspecified atom stereocenters. The van der Waals surface area contributed by atoms with Crippen LogP contribution >= 0.6 is 23.1 Å². The van der Waals surface area contributed by atoms with Gasteiger partial charge in [0.25, 0.3) is 5.56 Å². The number of benzene rings is 1. The van der Waals surface area contributed by atoms with Crippen LogP contribution in [0.5, 0.6) is 5.88 Å². The molecule has 0 bridgehead atoms. The summed E-state index contributed by atoms with van der Waals surface area (Å²) in [6.07, 6.45) is 0. The molecule has 2 aromatic heterocycles. The minimum atomic E-state index is -0.474. The molecule has 0 aliphatic carbocycles. The lowest BCUT2D eigenvalue weighted by Gasteiger charge is -2.03. The standard InChI is InChI=1S/C17H16N4O3S2/c1-9-3-4-11(5-10(9)2)12-7-25-16(18-12)21-15(24)8-26-17-19-13(22)6-14(23)20-17/h3-7H,8H2,1-2H3,(H,18,21,24)(H2,19,20,22,23). The molecule has 3 N–H and O–H groups in total. The zero-order valence-corrected chi connectivity index (χ0v) is 15.7. The van der Waals surface area contributed by atoms with Gasteiger partial charge in [-0.15, -0.1) is 11.3 Å². The summed E-state index contributed by atoms with van der Waals surface area (Å²) >= 11 is 2.36. The van der Waals surface area contributed by atoms with Gasteiger partial charge < -0.3 is 15.4 Å². The number of thioether (sulfide) groups is 1. The van der Waals surface area contributed by atoms with Crippen LogP contribution < -0.4 is 10.9 Å².